The van der Waals surface area contributed by atoms with Gasteiger partial charge in [-0.25, -0.2) is 9.78 Å². The number of furan rings is 1. The number of aliphatic hydroxyl groups is 1. The van der Waals surface area contributed by atoms with Crippen molar-refractivity contribution >= 4 is 27.5 Å². The van der Waals surface area contributed by atoms with E-state index >= 15 is 0 Å². The van der Waals surface area contributed by atoms with Crippen molar-refractivity contribution in [3.05, 3.63) is 63.4 Å². The molecule has 3 aromatic rings. The number of carbonyl (C=O) groups is 1. The monoisotopic (exact) mass is 431 g/mol. The fourth-order valence-electron chi connectivity index (χ4n) is 3.27. The summed E-state index contributed by atoms with van der Waals surface area (Å²) in [6.45, 7) is 6.54. The second-order valence-corrected chi connectivity index (χ2v) is 8.01. The lowest BCUT2D eigenvalue weighted by molar-refractivity contribution is 0.0605. The lowest BCUT2D eigenvalue weighted by atomic mass is 10.2. The number of hydrogen-bond donors (Lipinski definition) is 2. The highest BCUT2D eigenvalue weighted by molar-refractivity contribution is 7.20. The number of aryl methyl sites for hydroxylation is 1. The SMILES string of the molecule is C=CCCC(O)CN(Cc1nc2sc(C(=O)OC)c(C)c2c(=O)[nH]1)Cc1ccco1. The lowest BCUT2D eigenvalue weighted by Crippen LogP contribution is -2.32. The molecule has 0 radical (unpaired) electrons. The number of carbonyl (C=O) groups excluding carboxylic acids is 1. The second kappa shape index (κ2) is 9.84. The number of nitrogens with one attached hydrogen (secondary N) is 1. The van der Waals surface area contributed by atoms with Crippen molar-refractivity contribution in [2.45, 2.75) is 39.0 Å². The van der Waals surface area contributed by atoms with E-state index in [0.29, 0.717) is 59.0 Å². The van der Waals surface area contributed by atoms with E-state index in [4.69, 9.17) is 9.15 Å². The van der Waals surface area contributed by atoms with E-state index in [1.807, 2.05) is 11.0 Å². The Bertz CT molecular complexity index is 1070. The molecule has 3 heterocycles. The van der Waals surface area contributed by atoms with Crippen LogP contribution in [-0.4, -0.2) is 45.7 Å². The van der Waals surface area contributed by atoms with Crippen LogP contribution in [0.15, 0.2) is 40.3 Å². The molecule has 3 aromatic heterocycles. The van der Waals surface area contributed by atoms with Gasteiger partial charge in [-0.1, -0.05) is 6.08 Å². The van der Waals surface area contributed by atoms with Crippen molar-refractivity contribution in [1.29, 1.82) is 0 Å². The van der Waals surface area contributed by atoms with Crippen molar-refractivity contribution in [2.75, 3.05) is 13.7 Å². The molecule has 0 fully saturated rings. The highest BCUT2D eigenvalue weighted by Crippen LogP contribution is 2.27. The summed E-state index contributed by atoms with van der Waals surface area (Å²) in [5.74, 6) is 0.711. The van der Waals surface area contributed by atoms with Crippen LogP contribution in [0.25, 0.3) is 10.2 Å². The molecule has 0 spiro atoms. The van der Waals surface area contributed by atoms with Gasteiger partial charge in [0.15, 0.2) is 0 Å². The summed E-state index contributed by atoms with van der Waals surface area (Å²) in [7, 11) is 1.30. The molecule has 9 heteroatoms. The van der Waals surface area contributed by atoms with Crippen molar-refractivity contribution in [3.63, 3.8) is 0 Å². The molecule has 160 valence electrons. The zero-order chi connectivity index (χ0) is 21.7. The number of nitrogens with zero attached hydrogens (tertiary/aromatic N) is 2. The van der Waals surface area contributed by atoms with Crippen molar-refractivity contribution < 1.29 is 19.1 Å². The largest absolute Gasteiger partial charge is 0.468 e. The lowest BCUT2D eigenvalue weighted by Gasteiger charge is -2.23. The molecule has 30 heavy (non-hydrogen) atoms. The summed E-state index contributed by atoms with van der Waals surface area (Å²) >= 11 is 1.14. The zero-order valence-electron chi connectivity index (χ0n) is 17.0. The normalized spacial score (nSPS) is 12.4. The number of allylic oxidation sites excluding steroid dienone is 1. The molecule has 0 aliphatic rings. The average Bonchev–Trinajstić information content (AvgIpc) is 3.33. The first-order chi connectivity index (χ1) is 14.4. The Morgan fingerprint density at radius 2 is 2.30 bits per heavy atom. The maximum absolute atomic E-state index is 12.7. The van der Waals surface area contributed by atoms with Crippen LogP contribution in [0.2, 0.25) is 0 Å². The number of methoxy groups -OCH3 is 1. The van der Waals surface area contributed by atoms with Gasteiger partial charge in [0.25, 0.3) is 5.56 Å². The highest BCUT2D eigenvalue weighted by Gasteiger charge is 2.21. The van der Waals surface area contributed by atoms with E-state index in [1.165, 1.54) is 7.11 Å². The van der Waals surface area contributed by atoms with Gasteiger partial charge in [0.1, 0.15) is 21.3 Å². The van der Waals surface area contributed by atoms with Crippen molar-refractivity contribution in [3.8, 4) is 0 Å². The third-order valence-corrected chi connectivity index (χ3v) is 5.89. The van der Waals surface area contributed by atoms with Crippen LogP contribution in [0.3, 0.4) is 0 Å². The van der Waals surface area contributed by atoms with Crippen LogP contribution in [0.4, 0.5) is 0 Å². The molecule has 0 saturated heterocycles. The van der Waals surface area contributed by atoms with Gasteiger partial charge in [-0.2, -0.15) is 0 Å². The Morgan fingerprint density at radius 3 is 2.97 bits per heavy atom. The molecule has 0 amide bonds. The van der Waals surface area contributed by atoms with Crippen LogP contribution in [0.5, 0.6) is 0 Å². The van der Waals surface area contributed by atoms with Crippen LogP contribution < -0.4 is 5.56 Å². The van der Waals surface area contributed by atoms with E-state index in [2.05, 4.69) is 16.5 Å². The fraction of sp³-hybridized carbons (Fsp3) is 0.381. The number of esters is 1. The Labute approximate surface area is 177 Å². The summed E-state index contributed by atoms with van der Waals surface area (Å²) in [6, 6.07) is 3.66. The molecule has 2 N–H and O–H groups in total. The standard InChI is InChI=1S/C21H25N3O5S/c1-4-5-7-14(25)10-24(11-15-8-6-9-29-15)12-16-22-19(26)17-13(2)18(21(27)28-3)30-20(17)23-16/h4,6,8-9,14,25H,1,5,7,10-12H2,2-3H3,(H,22,23,26). The molecule has 1 atom stereocenters. The van der Waals surface area contributed by atoms with Crippen LogP contribution in [0.1, 0.15) is 39.7 Å². The third kappa shape index (κ3) is 5.05. The van der Waals surface area contributed by atoms with Gasteiger partial charge in [-0.3, -0.25) is 9.69 Å². The van der Waals surface area contributed by atoms with Crippen LogP contribution in [-0.2, 0) is 17.8 Å². The number of fused-ring (bicyclic) bond motifs is 1. The predicted octanol–water partition coefficient (Wildman–Crippen LogP) is 3.00. The summed E-state index contributed by atoms with van der Waals surface area (Å²) < 4.78 is 10.2. The van der Waals surface area contributed by atoms with Crippen molar-refractivity contribution in [1.82, 2.24) is 14.9 Å². The molecule has 0 aliphatic carbocycles. The molecule has 0 bridgehead atoms. The van der Waals surface area contributed by atoms with E-state index < -0.39 is 12.1 Å². The van der Waals surface area contributed by atoms with Crippen LogP contribution >= 0.6 is 11.3 Å². The first kappa shape index (κ1) is 21.9. The third-order valence-electron chi connectivity index (χ3n) is 4.73. The minimum Gasteiger partial charge on any atom is -0.468 e. The highest BCUT2D eigenvalue weighted by atomic mass is 32.1. The summed E-state index contributed by atoms with van der Waals surface area (Å²) in [5, 5.41) is 10.7. The van der Waals surface area contributed by atoms with E-state index in [9.17, 15) is 14.7 Å². The number of thiophene rings is 1. The molecule has 8 nitrogen and oxygen atoms in total. The summed E-state index contributed by atoms with van der Waals surface area (Å²) in [6.07, 6.45) is 4.11. The van der Waals surface area contributed by atoms with Gasteiger partial charge in [-0.05, 0) is 37.5 Å². The quantitative estimate of drug-likeness (QED) is 0.375. The number of aliphatic hydroxyl groups excluding tert-OH is 1. The Hall–Kier alpha value is -2.75. The number of H-pyrrole nitrogens is 1. The van der Waals surface area contributed by atoms with Crippen molar-refractivity contribution in [2.24, 2.45) is 0 Å². The fourth-order valence-corrected chi connectivity index (χ4v) is 4.39. The Balaban J connectivity index is 1.87. The van der Waals surface area contributed by atoms with Gasteiger partial charge < -0.3 is 19.2 Å². The minimum absolute atomic E-state index is 0.302. The number of rotatable bonds is 10. The Morgan fingerprint density at radius 1 is 1.50 bits per heavy atom. The molecular formula is C21H25N3O5S. The Kier molecular flexibility index (Phi) is 7.20. The first-order valence-corrected chi connectivity index (χ1v) is 10.4. The topological polar surface area (TPSA) is 109 Å². The average molecular weight is 432 g/mol. The number of aromatic nitrogens is 2. The van der Waals surface area contributed by atoms with E-state index in [0.717, 1.165) is 17.1 Å². The van der Waals surface area contributed by atoms with Gasteiger partial charge in [0, 0.05) is 6.54 Å². The van der Waals surface area contributed by atoms with Gasteiger partial charge in [0.05, 0.1) is 38.0 Å². The predicted molar refractivity (Wildman–Crippen MR) is 115 cm³/mol. The maximum Gasteiger partial charge on any atom is 0.348 e. The van der Waals surface area contributed by atoms with Gasteiger partial charge in [0.2, 0.25) is 0 Å². The maximum atomic E-state index is 12.7. The minimum atomic E-state index is -0.552. The summed E-state index contributed by atoms with van der Waals surface area (Å²) in [4.78, 5) is 34.8. The van der Waals surface area contributed by atoms with Gasteiger partial charge in [-0.15, -0.1) is 17.9 Å². The summed E-state index contributed by atoms with van der Waals surface area (Å²) in [5.41, 5.74) is 0.262. The van der Waals surface area contributed by atoms with Gasteiger partial charge >= 0.3 is 5.97 Å². The molecule has 0 aliphatic heterocycles. The smallest absolute Gasteiger partial charge is 0.348 e. The number of ether oxygens (including phenoxy) is 1. The molecule has 3 rings (SSSR count). The van der Waals surface area contributed by atoms with E-state index in [1.54, 1.807) is 25.3 Å². The van der Waals surface area contributed by atoms with E-state index in [-0.39, 0.29) is 5.56 Å². The molecule has 0 saturated carbocycles. The van der Waals surface area contributed by atoms with Crippen LogP contribution in [0, 0.1) is 6.92 Å². The first-order valence-electron chi connectivity index (χ1n) is 9.57. The second-order valence-electron chi connectivity index (χ2n) is 7.01. The molecule has 1 unspecified atom stereocenters. The molecular weight excluding hydrogens is 406 g/mol. The molecule has 0 aromatic carbocycles. The number of hydrogen-bond acceptors (Lipinski definition) is 8. The zero-order valence-corrected chi connectivity index (χ0v) is 17.8. The number of aromatic amines is 1.